The van der Waals surface area contributed by atoms with Crippen molar-refractivity contribution in [3.05, 3.63) is 64.9 Å². The molecule has 34 heavy (non-hydrogen) atoms. The van der Waals surface area contributed by atoms with E-state index in [2.05, 4.69) is 32.9 Å². The number of likely N-dealkylation sites (N-methyl/N-ethyl adjacent to an activating group) is 1. The molecule has 1 saturated heterocycles. The zero-order chi connectivity index (χ0) is 24.1. The summed E-state index contributed by atoms with van der Waals surface area (Å²) in [5.41, 5.74) is 3.05. The third-order valence-corrected chi connectivity index (χ3v) is 6.70. The van der Waals surface area contributed by atoms with Crippen molar-refractivity contribution >= 4 is 28.8 Å². The number of carbonyl (C=O) groups excluding carboxylic acids is 1. The number of hydrogen-bond donors (Lipinski definition) is 3. The number of amides is 1. The van der Waals surface area contributed by atoms with E-state index in [0.29, 0.717) is 49.0 Å². The fraction of sp³-hybridized carbons (Fsp3) is 0.400. The number of rotatable bonds is 8. The summed E-state index contributed by atoms with van der Waals surface area (Å²) in [6.07, 6.45) is 6.39. The van der Waals surface area contributed by atoms with Gasteiger partial charge in [-0.05, 0) is 51.6 Å². The van der Waals surface area contributed by atoms with Crippen molar-refractivity contribution in [2.24, 2.45) is 0 Å². The van der Waals surface area contributed by atoms with Crippen molar-refractivity contribution < 1.29 is 13.9 Å². The van der Waals surface area contributed by atoms with E-state index in [1.165, 1.54) is 12.5 Å². The molecule has 2 aromatic rings. The van der Waals surface area contributed by atoms with Gasteiger partial charge >= 0.3 is 0 Å². The number of thiocarbonyl (C=S) groups is 1. The Morgan fingerprint density at radius 3 is 3.03 bits per heavy atom. The van der Waals surface area contributed by atoms with Gasteiger partial charge in [-0.3, -0.25) is 9.78 Å². The van der Waals surface area contributed by atoms with Crippen LogP contribution in [-0.4, -0.2) is 53.6 Å². The van der Waals surface area contributed by atoms with Crippen molar-refractivity contribution in [3.63, 3.8) is 0 Å². The quantitative estimate of drug-likeness (QED) is 0.497. The molecule has 1 amide bonds. The van der Waals surface area contributed by atoms with Gasteiger partial charge in [-0.25, -0.2) is 4.39 Å². The molecule has 7 nitrogen and oxygen atoms in total. The molecule has 0 unspecified atom stereocenters. The second kappa shape index (κ2) is 10.9. The van der Waals surface area contributed by atoms with E-state index >= 15 is 0 Å². The molecule has 4 rings (SSSR count). The summed E-state index contributed by atoms with van der Waals surface area (Å²) in [6, 6.07) is 7.06. The SMILES string of the molecule is Cc1c(F)cccc1NC(=S)C1=C(NCc2ccncc2OC[C@@H]2CCCN2C)CCNC1=O. The number of halogens is 1. The Labute approximate surface area is 204 Å². The van der Waals surface area contributed by atoms with Gasteiger partial charge in [0.2, 0.25) is 0 Å². The Morgan fingerprint density at radius 1 is 1.38 bits per heavy atom. The molecule has 0 saturated carbocycles. The Bertz CT molecular complexity index is 1110. The normalized spacial score (nSPS) is 18.6. The number of hydrogen-bond acceptors (Lipinski definition) is 6. The average Bonchev–Trinajstić information content (AvgIpc) is 3.24. The predicted molar refractivity (Wildman–Crippen MR) is 134 cm³/mol. The number of benzene rings is 1. The maximum atomic E-state index is 13.9. The van der Waals surface area contributed by atoms with E-state index in [9.17, 15) is 9.18 Å². The van der Waals surface area contributed by atoms with Crippen LogP contribution < -0.4 is 20.7 Å². The lowest BCUT2D eigenvalue weighted by atomic mass is 10.1. The summed E-state index contributed by atoms with van der Waals surface area (Å²) in [6.45, 7) is 4.36. The highest BCUT2D eigenvalue weighted by atomic mass is 32.1. The Balaban J connectivity index is 1.48. The summed E-state index contributed by atoms with van der Waals surface area (Å²) in [7, 11) is 2.12. The minimum Gasteiger partial charge on any atom is -0.490 e. The fourth-order valence-electron chi connectivity index (χ4n) is 4.26. The van der Waals surface area contributed by atoms with E-state index in [1.807, 2.05) is 6.07 Å². The molecule has 0 spiro atoms. The molecule has 0 aliphatic carbocycles. The number of aromatic nitrogens is 1. The second-order valence-electron chi connectivity index (χ2n) is 8.65. The molecule has 2 aliphatic heterocycles. The lowest BCUT2D eigenvalue weighted by Gasteiger charge is -2.24. The van der Waals surface area contributed by atoms with Gasteiger partial charge in [0.05, 0.1) is 11.8 Å². The van der Waals surface area contributed by atoms with Crippen LogP contribution >= 0.6 is 12.2 Å². The topological polar surface area (TPSA) is 78.5 Å². The van der Waals surface area contributed by atoms with Crippen molar-refractivity contribution in [1.29, 1.82) is 0 Å². The maximum Gasteiger partial charge on any atom is 0.256 e. The molecule has 3 heterocycles. The number of likely N-dealkylation sites (tertiary alicyclic amines) is 1. The summed E-state index contributed by atoms with van der Waals surface area (Å²) in [5, 5.41) is 9.27. The number of ether oxygens (including phenoxy) is 1. The van der Waals surface area contributed by atoms with Crippen LogP contribution in [0.15, 0.2) is 47.9 Å². The van der Waals surface area contributed by atoms with Crippen LogP contribution in [0, 0.1) is 12.7 Å². The predicted octanol–water partition coefficient (Wildman–Crippen LogP) is 3.31. The smallest absolute Gasteiger partial charge is 0.256 e. The Hall–Kier alpha value is -3.04. The number of nitrogens with zero attached hydrogens (tertiary/aromatic N) is 2. The van der Waals surface area contributed by atoms with Crippen LogP contribution in [0.3, 0.4) is 0 Å². The van der Waals surface area contributed by atoms with Gasteiger partial charge in [0.25, 0.3) is 5.91 Å². The number of carbonyl (C=O) groups is 1. The van der Waals surface area contributed by atoms with Gasteiger partial charge in [-0.2, -0.15) is 0 Å². The Morgan fingerprint density at radius 2 is 2.24 bits per heavy atom. The maximum absolute atomic E-state index is 13.9. The third-order valence-electron chi connectivity index (χ3n) is 6.40. The lowest BCUT2D eigenvalue weighted by Crippen LogP contribution is -2.39. The second-order valence-corrected chi connectivity index (χ2v) is 9.06. The largest absolute Gasteiger partial charge is 0.490 e. The zero-order valence-corrected chi connectivity index (χ0v) is 20.3. The molecule has 1 aromatic heterocycles. The highest BCUT2D eigenvalue weighted by Crippen LogP contribution is 2.23. The van der Waals surface area contributed by atoms with E-state index in [4.69, 9.17) is 17.0 Å². The molecule has 3 N–H and O–H groups in total. The molecular weight excluding hydrogens is 453 g/mol. The molecular formula is C25H30FN5O2S. The Kier molecular flexibility index (Phi) is 7.74. The highest BCUT2D eigenvalue weighted by molar-refractivity contribution is 7.81. The van der Waals surface area contributed by atoms with Crippen molar-refractivity contribution in [2.45, 2.75) is 38.8 Å². The average molecular weight is 484 g/mol. The molecule has 2 aliphatic rings. The fourth-order valence-corrected chi connectivity index (χ4v) is 4.58. The lowest BCUT2D eigenvalue weighted by molar-refractivity contribution is -0.117. The minimum absolute atomic E-state index is 0.254. The first-order chi connectivity index (χ1) is 16.4. The molecule has 0 radical (unpaired) electrons. The van der Waals surface area contributed by atoms with Crippen LogP contribution in [0.2, 0.25) is 0 Å². The number of nitrogens with one attached hydrogen (secondary N) is 3. The molecule has 1 fully saturated rings. The minimum atomic E-state index is -0.331. The summed E-state index contributed by atoms with van der Waals surface area (Å²) < 4.78 is 20.1. The van der Waals surface area contributed by atoms with Gasteiger partial charge < -0.3 is 25.6 Å². The van der Waals surface area contributed by atoms with E-state index < -0.39 is 0 Å². The number of anilines is 1. The van der Waals surface area contributed by atoms with E-state index in [-0.39, 0.29) is 16.7 Å². The van der Waals surface area contributed by atoms with Crippen LogP contribution in [0.1, 0.15) is 30.4 Å². The van der Waals surface area contributed by atoms with Crippen LogP contribution in [0.25, 0.3) is 0 Å². The standard InChI is InChI=1S/C25H30FN5O2S/c1-16-19(26)6-3-7-20(16)30-25(34)23-21(9-11-28-24(23)32)29-13-17-8-10-27-14-22(17)33-15-18-5-4-12-31(18)2/h3,6-8,10,14,18,29H,4-5,9,11-13,15H2,1-2H3,(H,28,32)(H,30,34)/t18-/m0/s1. The van der Waals surface area contributed by atoms with Gasteiger partial charge in [0.15, 0.2) is 0 Å². The van der Waals surface area contributed by atoms with E-state index in [0.717, 1.165) is 30.0 Å². The first-order valence-corrected chi connectivity index (χ1v) is 11.9. The van der Waals surface area contributed by atoms with Crippen LogP contribution in [0.5, 0.6) is 5.75 Å². The van der Waals surface area contributed by atoms with Crippen molar-refractivity contribution in [2.75, 3.05) is 32.1 Å². The first kappa shape index (κ1) is 24.1. The zero-order valence-electron chi connectivity index (χ0n) is 19.5. The van der Waals surface area contributed by atoms with Gasteiger partial charge in [0, 0.05) is 54.3 Å². The first-order valence-electron chi connectivity index (χ1n) is 11.5. The van der Waals surface area contributed by atoms with Crippen molar-refractivity contribution in [1.82, 2.24) is 20.5 Å². The van der Waals surface area contributed by atoms with Gasteiger partial charge in [-0.15, -0.1) is 0 Å². The van der Waals surface area contributed by atoms with Crippen molar-refractivity contribution in [3.8, 4) is 5.75 Å². The summed E-state index contributed by atoms with van der Waals surface area (Å²) in [5.74, 6) is 0.145. The molecule has 0 bridgehead atoms. The molecule has 9 heteroatoms. The van der Waals surface area contributed by atoms with Gasteiger partial charge in [-0.1, -0.05) is 18.3 Å². The molecule has 1 aromatic carbocycles. The third kappa shape index (κ3) is 5.53. The monoisotopic (exact) mass is 483 g/mol. The van der Waals surface area contributed by atoms with E-state index in [1.54, 1.807) is 31.5 Å². The van der Waals surface area contributed by atoms with Gasteiger partial charge in [0.1, 0.15) is 23.2 Å². The van der Waals surface area contributed by atoms with Crippen LogP contribution in [-0.2, 0) is 11.3 Å². The molecule has 180 valence electrons. The van der Waals surface area contributed by atoms with Crippen LogP contribution in [0.4, 0.5) is 10.1 Å². The summed E-state index contributed by atoms with van der Waals surface area (Å²) >= 11 is 5.55. The highest BCUT2D eigenvalue weighted by Gasteiger charge is 2.25. The molecule has 1 atom stereocenters. The summed E-state index contributed by atoms with van der Waals surface area (Å²) in [4.78, 5) is 19.5. The number of pyridine rings is 1.